The summed E-state index contributed by atoms with van der Waals surface area (Å²) in [5.74, 6) is 2.18. The van der Waals surface area contributed by atoms with Crippen molar-refractivity contribution in [2.24, 2.45) is 5.73 Å². The van der Waals surface area contributed by atoms with Crippen LogP contribution in [0.2, 0.25) is 0 Å². The molecule has 21 heavy (non-hydrogen) atoms. The molecular weight excluding hydrogens is 308 g/mol. The van der Waals surface area contributed by atoms with Crippen LogP contribution < -0.4 is 15.4 Å². The number of hydrogen-bond donors (Lipinski definition) is 1. The first kappa shape index (κ1) is 16.5. The molecule has 1 aliphatic rings. The van der Waals surface area contributed by atoms with E-state index in [9.17, 15) is 8.42 Å². The predicted molar refractivity (Wildman–Crippen MR) is 88.9 cm³/mol. The second kappa shape index (κ2) is 6.46. The zero-order valence-corrected chi connectivity index (χ0v) is 14.2. The molecule has 0 radical (unpaired) electrons. The summed E-state index contributed by atoms with van der Waals surface area (Å²) in [6.45, 7) is 2.57. The van der Waals surface area contributed by atoms with Crippen LogP contribution in [0.15, 0.2) is 18.2 Å². The quantitative estimate of drug-likeness (QED) is 0.905. The molecule has 1 aromatic carbocycles. The number of anilines is 1. The largest absolute Gasteiger partial charge is 0.496 e. The molecule has 1 aliphatic heterocycles. The second-order valence-electron chi connectivity index (χ2n) is 5.23. The van der Waals surface area contributed by atoms with Gasteiger partial charge in [-0.15, -0.1) is 0 Å². The highest BCUT2D eigenvalue weighted by Gasteiger charge is 2.33. The highest BCUT2D eigenvalue weighted by atomic mass is 32.2. The summed E-state index contributed by atoms with van der Waals surface area (Å²) in [6, 6.07) is 5.43. The summed E-state index contributed by atoms with van der Waals surface area (Å²) in [5.41, 5.74) is 7.81. The van der Waals surface area contributed by atoms with Crippen LogP contribution >= 0.6 is 11.8 Å². The molecule has 7 heteroatoms. The van der Waals surface area contributed by atoms with Crippen LogP contribution in [0, 0.1) is 0 Å². The van der Waals surface area contributed by atoms with Gasteiger partial charge >= 0.3 is 0 Å². The molecule has 118 valence electrons. The Kier molecular flexibility index (Phi) is 5.06. The van der Waals surface area contributed by atoms with E-state index < -0.39 is 15.2 Å². The minimum Gasteiger partial charge on any atom is -0.496 e. The summed E-state index contributed by atoms with van der Waals surface area (Å²) in [7, 11) is -1.56. The van der Waals surface area contributed by atoms with E-state index in [-0.39, 0.29) is 6.04 Å². The van der Waals surface area contributed by atoms with E-state index in [1.807, 2.05) is 30.0 Å². The maximum absolute atomic E-state index is 12.1. The van der Waals surface area contributed by atoms with E-state index in [0.717, 1.165) is 17.0 Å². The van der Waals surface area contributed by atoms with Crippen molar-refractivity contribution in [1.82, 2.24) is 0 Å². The minimum atomic E-state index is -3.16. The van der Waals surface area contributed by atoms with E-state index in [4.69, 9.17) is 10.5 Å². The summed E-state index contributed by atoms with van der Waals surface area (Å²) in [6.07, 6.45) is 1.29. The first-order valence-corrected chi connectivity index (χ1v) is 9.93. The molecule has 1 saturated heterocycles. The van der Waals surface area contributed by atoms with Gasteiger partial charge in [-0.05, 0) is 19.1 Å². The molecule has 1 fully saturated rings. The number of nitrogens with two attached hydrogens (primary N) is 1. The van der Waals surface area contributed by atoms with Crippen molar-refractivity contribution in [2.75, 3.05) is 36.3 Å². The fourth-order valence-corrected chi connectivity index (χ4v) is 5.46. The number of hydrogen-bond acceptors (Lipinski definition) is 6. The first-order valence-electron chi connectivity index (χ1n) is 6.82. The Bertz CT molecular complexity index is 602. The molecule has 0 aromatic heterocycles. The Morgan fingerprint density at radius 1 is 1.48 bits per heavy atom. The van der Waals surface area contributed by atoms with Gasteiger partial charge in [0, 0.05) is 41.6 Å². The Morgan fingerprint density at radius 3 is 2.76 bits per heavy atom. The fraction of sp³-hybridized carbons (Fsp3) is 0.571. The lowest BCUT2D eigenvalue weighted by Gasteiger charge is -2.37. The number of thioether (sulfide) groups is 1. The van der Waals surface area contributed by atoms with Gasteiger partial charge in [0.25, 0.3) is 0 Å². The maximum atomic E-state index is 12.1. The van der Waals surface area contributed by atoms with E-state index in [1.165, 1.54) is 6.26 Å². The van der Waals surface area contributed by atoms with Crippen LogP contribution in [-0.2, 0) is 9.84 Å². The van der Waals surface area contributed by atoms with Gasteiger partial charge in [-0.3, -0.25) is 0 Å². The third-order valence-corrected chi connectivity index (χ3v) is 6.25. The van der Waals surface area contributed by atoms with Crippen LogP contribution in [0.5, 0.6) is 5.75 Å². The summed E-state index contributed by atoms with van der Waals surface area (Å²) < 4.78 is 29.6. The number of nitrogens with zero attached hydrogens (tertiary/aromatic N) is 1. The standard InChI is InChI=1S/C14H22N2O3S2/c1-10(15)14-11(5-4-6-12(14)19-2)16-7-8-20-9-13(16)21(3,17)18/h4-6,10,13H,7-9,15H2,1-3H3/t10-,13?/m1/s1. The monoisotopic (exact) mass is 330 g/mol. The van der Waals surface area contributed by atoms with Crippen molar-refractivity contribution < 1.29 is 13.2 Å². The first-order chi connectivity index (χ1) is 9.86. The average Bonchev–Trinajstić information content (AvgIpc) is 2.45. The van der Waals surface area contributed by atoms with Gasteiger partial charge in [0.2, 0.25) is 0 Å². The fourth-order valence-electron chi connectivity index (χ4n) is 2.63. The lowest BCUT2D eigenvalue weighted by Crippen LogP contribution is -2.47. The molecule has 0 saturated carbocycles. The highest BCUT2D eigenvalue weighted by Crippen LogP contribution is 2.37. The zero-order valence-electron chi connectivity index (χ0n) is 12.6. The maximum Gasteiger partial charge on any atom is 0.169 e. The van der Waals surface area contributed by atoms with Crippen LogP contribution in [0.25, 0.3) is 0 Å². The molecule has 0 bridgehead atoms. The third kappa shape index (κ3) is 3.46. The van der Waals surface area contributed by atoms with Crippen molar-refractivity contribution in [3.05, 3.63) is 23.8 Å². The number of benzene rings is 1. The zero-order chi connectivity index (χ0) is 15.6. The summed E-state index contributed by atoms with van der Waals surface area (Å²) in [4.78, 5) is 1.95. The number of ether oxygens (including phenoxy) is 1. The number of rotatable bonds is 4. The Hall–Kier alpha value is -0.920. The molecule has 2 atom stereocenters. The topological polar surface area (TPSA) is 72.6 Å². The predicted octanol–water partition coefficient (Wildman–Crippen LogP) is 1.64. The van der Waals surface area contributed by atoms with Gasteiger partial charge in [-0.25, -0.2) is 8.42 Å². The van der Waals surface area contributed by atoms with Crippen LogP contribution in [0.3, 0.4) is 0 Å². The van der Waals surface area contributed by atoms with E-state index in [0.29, 0.717) is 18.0 Å². The number of sulfone groups is 1. The SMILES string of the molecule is COc1cccc(N2CCSCC2S(C)(=O)=O)c1[C@@H](C)N. The van der Waals surface area contributed by atoms with Crippen molar-refractivity contribution in [3.63, 3.8) is 0 Å². The molecular formula is C14H22N2O3S2. The van der Waals surface area contributed by atoms with Crippen LogP contribution in [-0.4, -0.2) is 45.2 Å². The van der Waals surface area contributed by atoms with E-state index in [1.54, 1.807) is 18.9 Å². The van der Waals surface area contributed by atoms with Gasteiger partial charge in [-0.1, -0.05) is 6.07 Å². The molecule has 0 spiro atoms. The third-order valence-electron chi connectivity index (χ3n) is 3.61. The van der Waals surface area contributed by atoms with Gasteiger partial charge in [0.05, 0.1) is 7.11 Å². The van der Waals surface area contributed by atoms with Gasteiger partial charge in [0.1, 0.15) is 11.1 Å². The van der Waals surface area contributed by atoms with Crippen LogP contribution in [0.4, 0.5) is 5.69 Å². The van der Waals surface area contributed by atoms with Crippen molar-refractivity contribution in [1.29, 1.82) is 0 Å². The number of methoxy groups -OCH3 is 1. The lowest BCUT2D eigenvalue weighted by molar-refractivity contribution is 0.407. The molecule has 0 amide bonds. The highest BCUT2D eigenvalue weighted by molar-refractivity contribution is 8.01. The molecule has 1 heterocycles. The molecule has 2 rings (SSSR count). The Morgan fingerprint density at radius 2 is 2.19 bits per heavy atom. The van der Waals surface area contributed by atoms with Crippen molar-refractivity contribution in [3.8, 4) is 5.75 Å². The van der Waals surface area contributed by atoms with Gasteiger partial charge < -0.3 is 15.4 Å². The smallest absolute Gasteiger partial charge is 0.169 e. The summed E-state index contributed by atoms with van der Waals surface area (Å²) in [5, 5.41) is -0.513. The van der Waals surface area contributed by atoms with Gasteiger partial charge in [-0.2, -0.15) is 11.8 Å². The van der Waals surface area contributed by atoms with Crippen molar-refractivity contribution in [2.45, 2.75) is 18.3 Å². The molecule has 0 aliphatic carbocycles. The minimum absolute atomic E-state index is 0.231. The summed E-state index contributed by atoms with van der Waals surface area (Å²) >= 11 is 1.67. The normalized spacial score (nSPS) is 21.1. The van der Waals surface area contributed by atoms with Gasteiger partial charge in [0.15, 0.2) is 9.84 Å². The Labute approximate surface area is 130 Å². The van der Waals surface area contributed by atoms with Crippen LogP contribution in [0.1, 0.15) is 18.5 Å². The molecule has 1 unspecified atom stereocenters. The Balaban J connectivity index is 2.53. The van der Waals surface area contributed by atoms with E-state index in [2.05, 4.69) is 0 Å². The second-order valence-corrected chi connectivity index (χ2v) is 8.59. The average molecular weight is 330 g/mol. The van der Waals surface area contributed by atoms with Crippen molar-refractivity contribution >= 4 is 27.3 Å². The molecule has 2 N–H and O–H groups in total. The lowest BCUT2D eigenvalue weighted by atomic mass is 10.0. The van der Waals surface area contributed by atoms with E-state index >= 15 is 0 Å². The molecule has 1 aromatic rings. The molecule has 5 nitrogen and oxygen atoms in total.